The Morgan fingerprint density at radius 1 is 1.18 bits per heavy atom. The van der Waals surface area contributed by atoms with E-state index in [1.54, 1.807) is 0 Å². The van der Waals surface area contributed by atoms with Crippen molar-refractivity contribution in [1.82, 2.24) is 5.32 Å². The van der Waals surface area contributed by atoms with Gasteiger partial charge in [-0.2, -0.15) is 11.8 Å². The molecule has 3 N–H and O–H groups in total. The summed E-state index contributed by atoms with van der Waals surface area (Å²) in [6, 6.07) is 8.21. The van der Waals surface area contributed by atoms with Crippen molar-refractivity contribution >= 4 is 30.1 Å². The molecule has 1 unspecified atom stereocenters. The van der Waals surface area contributed by atoms with Gasteiger partial charge in [-0.3, -0.25) is 4.79 Å². The Bertz CT molecular complexity index is 423. The van der Waals surface area contributed by atoms with Gasteiger partial charge in [0.15, 0.2) is 0 Å². The normalized spacial score (nSPS) is 11.9. The maximum absolute atomic E-state index is 11.7. The molecule has 0 heterocycles. The monoisotopic (exact) mass is 344 g/mol. The summed E-state index contributed by atoms with van der Waals surface area (Å²) in [5.41, 5.74) is 8.51. The van der Waals surface area contributed by atoms with Crippen LogP contribution in [0.3, 0.4) is 0 Å². The predicted molar refractivity (Wildman–Crippen MR) is 100.0 cm³/mol. The number of benzene rings is 1. The zero-order valence-electron chi connectivity index (χ0n) is 13.8. The van der Waals surface area contributed by atoms with Crippen molar-refractivity contribution in [1.29, 1.82) is 0 Å². The zero-order valence-corrected chi connectivity index (χ0v) is 15.4. The number of thioether (sulfide) groups is 1. The lowest BCUT2D eigenvalue weighted by molar-refractivity contribution is -0.121. The minimum absolute atomic E-state index is 0. The molecule has 3 nitrogen and oxygen atoms in total. The third-order valence-corrected chi connectivity index (χ3v) is 4.25. The molecule has 0 aliphatic carbocycles. The summed E-state index contributed by atoms with van der Waals surface area (Å²) in [7, 11) is 0. The number of hydrogen-bond acceptors (Lipinski definition) is 3. The summed E-state index contributed by atoms with van der Waals surface area (Å²) >= 11 is 1.82. The van der Waals surface area contributed by atoms with Crippen molar-refractivity contribution < 1.29 is 4.79 Å². The van der Waals surface area contributed by atoms with Gasteiger partial charge in [0.1, 0.15) is 0 Å². The number of halogens is 1. The first-order chi connectivity index (χ1) is 10.0. The van der Waals surface area contributed by atoms with Crippen molar-refractivity contribution in [3.8, 4) is 0 Å². The van der Waals surface area contributed by atoms with Gasteiger partial charge < -0.3 is 11.1 Å². The van der Waals surface area contributed by atoms with Gasteiger partial charge in [0.05, 0.1) is 0 Å². The van der Waals surface area contributed by atoms with Crippen molar-refractivity contribution in [2.45, 2.75) is 45.1 Å². The average Bonchev–Trinajstić information content (AvgIpc) is 2.49. The average molecular weight is 345 g/mol. The molecule has 0 aromatic heterocycles. The largest absolute Gasteiger partial charge is 0.354 e. The summed E-state index contributed by atoms with van der Waals surface area (Å²) in [6.07, 6.45) is 4.73. The number of nitrogens with two attached hydrogens (primary N) is 1. The quantitative estimate of drug-likeness (QED) is 0.668. The Kier molecular flexibility index (Phi) is 11.4. The van der Waals surface area contributed by atoms with Gasteiger partial charge in [0, 0.05) is 19.0 Å². The van der Waals surface area contributed by atoms with E-state index in [9.17, 15) is 4.79 Å². The molecular weight excluding hydrogens is 316 g/mol. The number of unbranched alkanes of at least 4 members (excludes halogenated alkanes) is 1. The second kappa shape index (κ2) is 11.8. The fraction of sp³-hybridized carbons (Fsp3) is 0.588. The van der Waals surface area contributed by atoms with E-state index in [2.05, 4.69) is 49.7 Å². The van der Waals surface area contributed by atoms with Crippen LogP contribution < -0.4 is 11.1 Å². The zero-order chi connectivity index (χ0) is 15.7. The molecule has 0 saturated carbocycles. The van der Waals surface area contributed by atoms with Gasteiger partial charge in [-0.05, 0) is 41.9 Å². The van der Waals surface area contributed by atoms with Gasteiger partial charge in [-0.1, -0.05) is 38.1 Å². The minimum Gasteiger partial charge on any atom is -0.354 e. The Labute approximate surface area is 145 Å². The standard InChI is InChI=1S/C17H28N2OS.ClH/c1-13(2)14-7-9-15(10-8-14)16(18)12-19-17(20)6-4-5-11-21-3;/h7-10,13,16H,4-6,11-12,18H2,1-3H3,(H,19,20);1H. The van der Waals surface area contributed by atoms with E-state index in [1.165, 1.54) is 5.56 Å². The van der Waals surface area contributed by atoms with Gasteiger partial charge in [-0.15, -0.1) is 12.4 Å². The van der Waals surface area contributed by atoms with Crippen LogP contribution in [0, 0.1) is 0 Å². The molecule has 0 fully saturated rings. The molecule has 1 amide bonds. The van der Waals surface area contributed by atoms with Crippen molar-refractivity contribution in [2.75, 3.05) is 18.6 Å². The first-order valence-electron chi connectivity index (χ1n) is 7.65. The second-order valence-corrected chi connectivity index (χ2v) is 6.67. The van der Waals surface area contributed by atoms with E-state index in [-0.39, 0.29) is 24.4 Å². The third kappa shape index (κ3) is 8.06. The van der Waals surface area contributed by atoms with Crippen LogP contribution in [-0.2, 0) is 4.79 Å². The molecule has 126 valence electrons. The van der Waals surface area contributed by atoms with Crippen LogP contribution in [0.5, 0.6) is 0 Å². The Morgan fingerprint density at radius 3 is 2.32 bits per heavy atom. The van der Waals surface area contributed by atoms with Gasteiger partial charge in [0.2, 0.25) is 5.91 Å². The molecule has 0 saturated heterocycles. The second-order valence-electron chi connectivity index (χ2n) is 5.68. The summed E-state index contributed by atoms with van der Waals surface area (Å²) < 4.78 is 0. The molecular formula is C17H29ClN2OS. The molecule has 22 heavy (non-hydrogen) atoms. The number of rotatable bonds is 9. The maximum atomic E-state index is 11.7. The van der Waals surface area contributed by atoms with Crippen LogP contribution in [0.4, 0.5) is 0 Å². The van der Waals surface area contributed by atoms with E-state index in [0.29, 0.717) is 18.9 Å². The van der Waals surface area contributed by atoms with E-state index >= 15 is 0 Å². The van der Waals surface area contributed by atoms with Crippen LogP contribution in [0.15, 0.2) is 24.3 Å². The number of carbonyl (C=O) groups excluding carboxylic acids is 1. The number of hydrogen-bond donors (Lipinski definition) is 2. The molecule has 0 aliphatic rings. The lowest BCUT2D eigenvalue weighted by Crippen LogP contribution is -2.31. The molecule has 1 atom stereocenters. The molecule has 0 spiro atoms. The van der Waals surface area contributed by atoms with Gasteiger partial charge in [0.25, 0.3) is 0 Å². The Morgan fingerprint density at radius 2 is 1.77 bits per heavy atom. The molecule has 5 heteroatoms. The summed E-state index contributed by atoms with van der Waals surface area (Å²) in [5, 5.41) is 2.92. The van der Waals surface area contributed by atoms with Gasteiger partial charge >= 0.3 is 0 Å². The van der Waals surface area contributed by atoms with Crippen LogP contribution in [-0.4, -0.2) is 24.5 Å². The summed E-state index contributed by atoms with van der Waals surface area (Å²) in [6.45, 7) is 4.85. The third-order valence-electron chi connectivity index (χ3n) is 3.55. The fourth-order valence-electron chi connectivity index (χ4n) is 2.09. The van der Waals surface area contributed by atoms with Gasteiger partial charge in [-0.25, -0.2) is 0 Å². The fourth-order valence-corrected chi connectivity index (χ4v) is 2.58. The molecule has 0 radical (unpaired) electrons. The number of nitrogens with one attached hydrogen (secondary N) is 1. The summed E-state index contributed by atoms with van der Waals surface area (Å²) in [5.74, 6) is 1.75. The SMILES string of the molecule is CSCCCCC(=O)NCC(N)c1ccc(C(C)C)cc1.Cl. The van der Waals surface area contributed by atoms with Crippen LogP contribution in [0.1, 0.15) is 56.2 Å². The minimum atomic E-state index is -0.138. The van der Waals surface area contributed by atoms with Crippen molar-refractivity contribution in [2.24, 2.45) is 5.73 Å². The Hall–Kier alpha value is -0.710. The van der Waals surface area contributed by atoms with Crippen LogP contribution >= 0.6 is 24.2 Å². The molecule has 0 bridgehead atoms. The molecule has 1 aromatic carbocycles. The Balaban J connectivity index is 0.00000441. The van der Waals surface area contributed by atoms with Crippen LogP contribution in [0.25, 0.3) is 0 Å². The van der Waals surface area contributed by atoms with E-state index < -0.39 is 0 Å². The highest BCUT2D eigenvalue weighted by Gasteiger charge is 2.08. The highest BCUT2D eigenvalue weighted by molar-refractivity contribution is 7.98. The van der Waals surface area contributed by atoms with E-state index in [0.717, 1.165) is 24.2 Å². The molecule has 0 aliphatic heterocycles. The van der Waals surface area contributed by atoms with Crippen molar-refractivity contribution in [3.63, 3.8) is 0 Å². The first-order valence-corrected chi connectivity index (χ1v) is 9.05. The smallest absolute Gasteiger partial charge is 0.220 e. The van der Waals surface area contributed by atoms with Crippen molar-refractivity contribution in [3.05, 3.63) is 35.4 Å². The van der Waals surface area contributed by atoms with Crippen LogP contribution in [0.2, 0.25) is 0 Å². The highest BCUT2D eigenvalue weighted by atomic mass is 35.5. The molecule has 1 rings (SSSR count). The first kappa shape index (κ1) is 21.3. The predicted octanol–water partition coefficient (Wildman–Crippen LogP) is 3.88. The lowest BCUT2D eigenvalue weighted by atomic mass is 9.99. The van der Waals surface area contributed by atoms with E-state index in [4.69, 9.17) is 5.73 Å². The highest BCUT2D eigenvalue weighted by Crippen LogP contribution is 2.17. The topological polar surface area (TPSA) is 55.1 Å². The molecule has 1 aromatic rings. The summed E-state index contributed by atoms with van der Waals surface area (Å²) in [4.78, 5) is 11.7. The number of amides is 1. The lowest BCUT2D eigenvalue weighted by Gasteiger charge is -2.14. The number of carbonyl (C=O) groups is 1. The maximum Gasteiger partial charge on any atom is 0.220 e. The van der Waals surface area contributed by atoms with E-state index in [1.807, 2.05) is 11.8 Å².